The molecule has 2 N–H and O–H groups in total. The molecule has 1 saturated carbocycles. The van der Waals surface area contributed by atoms with Gasteiger partial charge in [-0.3, -0.25) is 4.79 Å². The monoisotopic (exact) mass is 507 g/mol. The van der Waals surface area contributed by atoms with Crippen molar-refractivity contribution in [1.29, 1.82) is 0 Å². The van der Waals surface area contributed by atoms with E-state index in [2.05, 4.69) is 30.1 Å². The number of nitrogens with two attached hydrogens (primary N) is 1. The van der Waals surface area contributed by atoms with Crippen LogP contribution < -0.4 is 5.14 Å². The van der Waals surface area contributed by atoms with Crippen LogP contribution in [0.25, 0.3) is 0 Å². The maximum atomic E-state index is 14.4. The summed E-state index contributed by atoms with van der Waals surface area (Å²) in [5.74, 6) is 0.301. The summed E-state index contributed by atoms with van der Waals surface area (Å²) >= 11 is 1.28. The molecule has 2 heterocycles. The molecule has 1 amide bonds. The van der Waals surface area contributed by atoms with Crippen LogP contribution in [0.2, 0.25) is 0 Å². The van der Waals surface area contributed by atoms with Gasteiger partial charge in [0.15, 0.2) is 9.92 Å². The van der Waals surface area contributed by atoms with Gasteiger partial charge in [0.05, 0.1) is 24.2 Å². The highest BCUT2D eigenvalue weighted by Gasteiger charge is 2.47. The van der Waals surface area contributed by atoms with Crippen LogP contribution in [0.15, 0.2) is 26.9 Å². The quantitative estimate of drug-likeness (QED) is 0.549. The summed E-state index contributed by atoms with van der Waals surface area (Å²) in [5.41, 5.74) is 2.13. The van der Waals surface area contributed by atoms with E-state index < -0.39 is 15.8 Å². The molecule has 34 heavy (non-hydrogen) atoms. The number of benzene rings is 1. The Kier molecular flexibility index (Phi) is 7.03. The topological polar surface area (TPSA) is 94.6 Å². The molecule has 4 unspecified atom stereocenters. The summed E-state index contributed by atoms with van der Waals surface area (Å²) in [6.45, 7) is 11.5. The SMILES string of the molecule is CC(C)c1cc(F)cc(C2CCOC2)c1CC(=O)N=S(N)(=O)c1cnc(C(C)(C)C2CC2C)s1. The van der Waals surface area contributed by atoms with Crippen molar-refractivity contribution in [2.75, 3.05) is 13.2 Å². The summed E-state index contributed by atoms with van der Waals surface area (Å²) in [5, 5.41) is 6.94. The van der Waals surface area contributed by atoms with E-state index in [-0.39, 0.29) is 29.5 Å². The molecule has 0 bridgehead atoms. The van der Waals surface area contributed by atoms with Crippen LogP contribution in [0.4, 0.5) is 4.39 Å². The standard InChI is InChI=1S/C25H34FN3O3S2/c1-14(2)18-9-17(26)10-19(16-6-7-32-13-16)20(18)11-22(30)29-34(27,31)23-12-28-24(33-23)25(4,5)21-8-15(21)3/h9-10,12,14-16,21H,6-8,11,13H2,1-5H3,(H2,27,29,30,31). The summed E-state index contributed by atoms with van der Waals surface area (Å²) in [7, 11) is -3.43. The molecule has 1 aromatic carbocycles. The zero-order valence-corrected chi connectivity index (χ0v) is 22.1. The zero-order valence-electron chi connectivity index (χ0n) is 20.5. The number of carbonyl (C=O) groups excluding carboxylic acids is 1. The molecule has 9 heteroatoms. The van der Waals surface area contributed by atoms with E-state index >= 15 is 0 Å². The van der Waals surface area contributed by atoms with Crippen molar-refractivity contribution in [3.05, 3.63) is 45.8 Å². The number of nitrogens with zero attached hydrogens (tertiary/aromatic N) is 2. The summed E-state index contributed by atoms with van der Waals surface area (Å²) in [4.78, 5) is 17.5. The molecule has 1 aromatic heterocycles. The summed E-state index contributed by atoms with van der Waals surface area (Å²) in [6.07, 6.45) is 3.33. The number of halogens is 1. The minimum Gasteiger partial charge on any atom is -0.381 e. The third-order valence-corrected chi connectivity index (χ3v) is 10.5. The lowest BCUT2D eigenvalue weighted by Gasteiger charge is -2.21. The first-order valence-electron chi connectivity index (χ1n) is 11.8. The van der Waals surface area contributed by atoms with Crippen LogP contribution in [0.5, 0.6) is 0 Å². The lowest BCUT2D eigenvalue weighted by atomic mass is 9.85. The van der Waals surface area contributed by atoms with Gasteiger partial charge in [0.25, 0.3) is 5.91 Å². The molecule has 2 fully saturated rings. The predicted octanol–water partition coefficient (Wildman–Crippen LogP) is 5.31. The Labute approximate surface area is 205 Å². The molecule has 4 atom stereocenters. The fourth-order valence-electron chi connectivity index (χ4n) is 5.10. The first-order valence-corrected chi connectivity index (χ1v) is 14.2. The fraction of sp³-hybridized carbons (Fsp3) is 0.600. The first kappa shape index (κ1) is 25.4. The van der Waals surface area contributed by atoms with Crippen molar-refractivity contribution in [2.24, 2.45) is 21.3 Å². The van der Waals surface area contributed by atoms with E-state index in [1.807, 2.05) is 13.8 Å². The van der Waals surface area contributed by atoms with Crippen molar-refractivity contribution in [1.82, 2.24) is 4.98 Å². The van der Waals surface area contributed by atoms with Gasteiger partial charge in [-0.25, -0.2) is 18.7 Å². The number of carbonyl (C=O) groups is 1. The fourth-order valence-corrected chi connectivity index (χ4v) is 7.40. The largest absolute Gasteiger partial charge is 0.381 e. The number of aromatic nitrogens is 1. The van der Waals surface area contributed by atoms with Crippen LogP contribution in [-0.2, 0) is 31.3 Å². The lowest BCUT2D eigenvalue weighted by molar-refractivity contribution is -0.117. The van der Waals surface area contributed by atoms with Crippen LogP contribution >= 0.6 is 11.3 Å². The number of hydrogen-bond acceptors (Lipinski definition) is 5. The maximum absolute atomic E-state index is 14.4. The van der Waals surface area contributed by atoms with E-state index in [9.17, 15) is 13.4 Å². The number of thiazole rings is 1. The van der Waals surface area contributed by atoms with E-state index in [0.29, 0.717) is 29.3 Å². The van der Waals surface area contributed by atoms with E-state index in [4.69, 9.17) is 9.88 Å². The van der Waals surface area contributed by atoms with Gasteiger partial charge in [-0.2, -0.15) is 0 Å². The average Bonchev–Trinajstić information content (AvgIpc) is 3.17. The molecule has 6 nitrogen and oxygen atoms in total. The van der Waals surface area contributed by atoms with Gasteiger partial charge in [0, 0.05) is 17.9 Å². The van der Waals surface area contributed by atoms with Gasteiger partial charge >= 0.3 is 0 Å². The summed E-state index contributed by atoms with van der Waals surface area (Å²) < 4.78 is 37.5. The molecule has 1 aliphatic carbocycles. The Bertz CT molecular complexity index is 1210. The number of rotatable bonds is 7. The van der Waals surface area contributed by atoms with E-state index in [1.165, 1.54) is 29.7 Å². The van der Waals surface area contributed by atoms with E-state index in [1.54, 1.807) is 0 Å². The second-order valence-electron chi connectivity index (χ2n) is 10.5. The highest BCUT2D eigenvalue weighted by Crippen LogP contribution is 2.52. The Morgan fingerprint density at radius 2 is 2.12 bits per heavy atom. The van der Waals surface area contributed by atoms with Gasteiger partial charge in [0.2, 0.25) is 0 Å². The molecule has 0 spiro atoms. The molecule has 1 saturated heterocycles. The molecule has 186 valence electrons. The third-order valence-electron chi connectivity index (χ3n) is 7.20. The highest BCUT2D eigenvalue weighted by atomic mass is 32.2. The molecule has 0 radical (unpaired) electrons. The smallest absolute Gasteiger partial charge is 0.259 e. The Morgan fingerprint density at radius 1 is 1.41 bits per heavy atom. The van der Waals surface area contributed by atoms with Gasteiger partial charge in [0.1, 0.15) is 10.0 Å². The van der Waals surface area contributed by atoms with Crippen LogP contribution in [0.3, 0.4) is 0 Å². The minimum absolute atomic E-state index is 0.0119. The van der Waals surface area contributed by atoms with Crippen LogP contribution in [0, 0.1) is 17.7 Å². The van der Waals surface area contributed by atoms with E-state index in [0.717, 1.165) is 34.5 Å². The first-order chi connectivity index (χ1) is 15.9. The van der Waals surface area contributed by atoms with Crippen molar-refractivity contribution >= 4 is 27.2 Å². The number of ether oxygens (including phenoxy) is 1. The Morgan fingerprint density at radius 3 is 2.71 bits per heavy atom. The van der Waals surface area contributed by atoms with Crippen molar-refractivity contribution < 1.29 is 18.1 Å². The molecule has 1 aliphatic heterocycles. The molecule has 4 rings (SSSR count). The Balaban J connectivity index is 1.63. The highest BCUT2D eigenvalue weighted by molar-refractivity contribution is 7.93. The molecular formula is C25H34FN3O3S2. The van der Waals surface area contributed by atoms with Gasteiger partial charge < -0.3 is 4.74 Å². The number of hydrogen-bond donors (Lipinski definition) is 1. The van der Waals surface area contributed by atoms with Crippen molar-refractivity contribution in [3.8, 4) is 0 Å². The van der Waals surface area contributed by atoms with Gasteiger partial charge in [-0.05, 0) is 59.4 Å². The zero-order chi connectivity index (χ0) is 24.8. The van der Waals surface area contributed by atoms with Gasteiger partial charge in [-0.15, -0.1) is 15.7 Å². The molecule has 2 aromatic rings. The van der Waals surface area contributed by atoms with Gasteiger partial charge in [-0.1, -0.05) is 34.6 Å². The van der Waals surface area contributed by atoms with Crippen LogP contribution in [-0.4, -0.2) is 28.3 Å². The average molecular weight is 508 g/mol. The van der Waals surface area contributed by atoms with Crippen molar-refractivity contribution in [2.45, 2.75) is 75.3 Å². The van der Waals surface area contributed by atoms with Crippen LogP contribution in [0.1, 0.15) is 81.0 Å². The normalized spacial score (nSPS) is 24.3. The summed E-state index contributed by atoms with van der Waals surface area (Å²) in [6, 6.07) is 2.97. The van der Waals surface area contributed by atoms with Crippen molar-refractivity contribution in [3.63, 3.8) is 0 Å². The Hall–Kier alpha value is -1.68. The second-order valence-corrected chi connectivity index (χ2v) is 13.6. The third kappa shape index (κ3) is 5.12. The minimum atomic E-state index is -3.43. The maximum Gasteiger partial charge on any atom is 0.259 e. The number of amides is 1. The predicted molar refractivity (Wildman–Crippen MR) is 133 cm³/mol. The molecule has 2 aliphatic rings. The lowest BCUT2D eigenvalue weighted by Crippen LogP contribution is -2.20. The molecular weight excluding hydrogens is 473 g/mol. The second kappa shape index (κ2) is 9.41.